The molecule has 0 bridgehead atoms. The molecular weight excluding hydrogens is 448 g/mol. The summed E-state index contributed by atoms with van der Waals surface area (Å²) in [5, 5.41) is 8.33. The van der Waals surface area contributed by atoms with Crippen molar-refractivity contribution in [1.82, 2.24) is 20.1 Å². The molecule has 0 saturated heterocycles. The number of benzene rings is 2. The molecule has 5 rings (SSSR count). The molecule has 6 nitrogen and oxygen atoms in total. The summed E-state index contributed by atoms with van der Waals surface area (Å²) in [6, 6.07) is 16.0. The summed E-state index contributed by atoms with van der Waals surface area (Å²) in [4.78, 5) is 19.3. The summed E-state index contributed by atoms with van der Waals surface area (Å²) in [7, 11) is 0. The number of fused-ring (bicyclic) bond motifs is 1. The summed E-state index contributed by atoms with van der Waals surface area (Å²) in [6.07, 6.45) is 3.33. The first kappa shape index (κ1) is 22.4. The molecule has 0 radical (unpaired) electrons. The summed E-state index contributed by atoms with van der Waals surface area (Å²) in [6.45, 7) is 5.56. The van der Waals surface area contributed by atoms with Gasteiger partial charge in [0.15, 0.2) is 11.7 Å². The van der Waals surface area contributed by atoms with E-state index in [0.717, 1.165) is 40.3 Å². The van der Waals surface area contributed by atoms with E-state index in [-0.39, 0.29) is 5.91 Å². The molecule has 2 aromatic carbocycles. The Morgan fingerprint density at radius 3 is 2.59 bits per heavy atom. The number of rotatable bonds is 6. The van der Waals surface area contributed by atoms with E-state index < -0.39 is 0 Å². The minimum Gasteiger partial charge on any atom is -0.441 e. The summed E-state index contributed by atoms with van der Waals surface area (Å²) in [5.41, 5.74) is 6.32. The monoisotopic (exact) mass is 474 g/mol. The molecule has 1 amide bonds. The molecule has 1 aliphatic rings. The quantitative estimate of drug-likeness (QED) is 0.370. The van der Waals surface area contributed by atoms with Crippen molar-refractivity contribution in [3.63, 3.8) is 0 Å². The number of nitrogens with one attached hydrogen (secondary N) is 1. The predicted octanol–water partition coefficient (Wildman–Crippen LogP) is 6.03. The second-order valence-corrected chi connectivity index (χ2v) is 9.43. The third kappa shape index (κ3) is 4.64. The van der Waals surface area contributed by atoms with Crippen LogP contribution in [0.25, 0.3) is 22.6 Å². The van der Waals surface area contributed by atoms with Crippen LogP contribution in [0, 0.1) is 0 Å². The maximum absolute atomic E-state index is 13.0. The van der Waals surface area contributed by atoms with Gasteiger partial charge < -0.3 is 9.32 Å². The van der Waals surface area contributed by atoms with Gasteiger partial charge in [0.1, 0.15) is 0 Å². The van der Waals surface area contributed by atoms with Gasteiger partial charge in [-0.3, -0.25) is 9.89 Å². The van der Waals surface area contributed by atoms with Crippen LogP contribution in [0.4, 0.5) is 0 Å². The lowest BCUT2D eigenvalue weighted by Gasteiger charge is -2.27. The molecule has 3 heterocycles. The van der Waals surface area contributed by atoms with Gasteiger partial charge in [-0.25, -0.2) is 4.98 Å². The van der Waals surface area contributed by atoms with E-state index in [2.05, 4.69) is 53.3 Å². The number of amides is 1. The average Bonchev–Trinajstić information content (AvgIpc) is 3.50. The van der Waals surface area contributed by atoms with Gasteiger partial charge >= 0.3 is 0 Å². The number of hydrogen-bond acceptors (Lipinski definition) is 4. The van der Waals surface area contributed by atoms with E-state index in [1.165, 1.54) is 5.56 Å². The van der Waals surface area contributed by atoms with Crippen LogP contribution in [-0.4, -0.2) is 32.5 Å². The standard InChI is InChI=1S/C27H27ClN4O2/c1-17(2)18-3-5-19(6-4-18)24-15-29-25(34-24)11-12-26(33)32-14-13-23-22(16-32)27(31-30-23)20-7-9-21(28)10-8-20/h3-10,15,17H,11-14,16H2,1-2H3,(H,30,31). The Hall–Kier alpha value is -3.38. The van der Waals surface area contributed by atoms with E-state index >= 15 is 0 Å². The van der Waals surface area contributed by atoms with E-state index in [4.69, 9.17) is 16.0 Å². The van der Waals surface area contributed by atoms with Crippen molar-refractivity contribution in [3.8, 4) is 22.6 Å². The minimum absolute atomic E-state index is 0.0925. The first-order valence-corrected chi connectivity index (χ1v) is 12.0. The van der Waals surface area contributed by atoms with Crippen molar-refractivity contribution in [3.05, 3.63) is 82.5 Å². The lowest BCUT2D eigenvalue weighted by Crippen LogP contribution is -2.36. The molecule has 0 spiro atoms. The largest absolute Gasteiger partial charge is 0.441 e. The first-order chi connectivity index (χ1) is 16.5. The Bertz CT molecular complexity index is 1290. The second-order valence-electron chi connectivity index (χ2n) is 9.00. The number of aromatic amines is 1. The topological polar surface area (TPSA) is 75.0 Å². The van der Waals surface area contributed by atoms with Crippen LogP contribution in [0.1, 0.15) is 48.9 Å². The minimum atomic E-state index is 0.0925. The molecule has 174 valence electrons. The Balaban J connectivity index is 1.22. The van der Waals surface area contributed by atoms with Crippen LogP contribution < -0.4 is 0 Å². The zero-order chi connectivity index (χ0) is 23.7. The van der Waals surface area contributed by atoms with Crippen molar-refractivity contribution in [2.75, 3.05) is 6.54 Å². The van der Waals surface area contributed by atoms with Crippen LogP contribution in [-0.2, 0) is 24.2 Å². The molecule has 2 aromatic heterocycles. The Morgan fingerprint density at radius 1 is 1.12 bits per heavy atom. The third-order valence-corrected chi connectivity index (χ3v) is 6.62. The maximum Gasteiger partial charge on any atom is 0.223 e. The molecule has 7 heteroatoms. The SMILES string of the molecule is CC(C)c1ccc(-c2cnc(CCC(=O)N3CCc4[nH]nc(-c5ccc(Cl)cc5)c4C3)o2)cc1. The Morgan fingerprint density at radius 2 is 1.85 bits per heavy atom. The van der Waals surface area contributed by atoms with Gasteiger partial charge in [-0.05, 0) is 23.6 Å². The maximum atomic E-state index is 13.0. The first-order valence-electron chi connectivity index (χ1n) is 11.6. The fourth-order valence-corrected chi connectivity index (χ4v) is 4.44. The lowest BCUT2D eigenvalue weighted by molar-refractivity contribution is -0.132. The van der Waals surface area contributed by atoms with Gasteiger partial charge in [0.05, 0.1) is 11.9 Å². The summed E-state index contributed by atoms with van der Waals surface area (Å²) >= 11 is 6.03. The highest BCUT2D eigenvalue weighted by atomic mass is 35.5. The van der Waals surface area contributed by atoms with Gasteiger partial charge in [0, 0.05) is 59.8 Å². The molecule has 34 heavy (non-hydrogen) atoms. The molecular formula is C27H27ClN4O2. The fourth-order valence-electron chi connectivity index (χ4n) is 4.32. The number of oxazole rings is 1. The molecule has 0 unspecified atom stereocenters. The van der Waals surface area contributed by atoms with Crippen LogP contribution in [0.15, 0.2) is 59.1 Å². The smallest absolute Gasteiger partial charge is 0.223 e. The fraction of sp³-hybridized carbons (Fsp3) is 0.296. The molecule has 1 N–H and O–H groups in total. The number of carbonyl (C=O) groups excluding carboxylic acids is 1. The lowest BCUT2D eigenvalue weighted by atomic mass is 10.0. The highest BCUT2D eigenvalue weighted by molar-refractivity contribution is 6.30. The summed E-state index contributed by atoms with van der Waals surface area (Å²) < 4.78 is 5.93. The van der Waals surface area contributed by atoms with Gasteiger partial charge in [-0.1, -0.05) is 61.8 Å². The van der Waals surface area contributed by atoms with Crippen molar-refractivity contribution >= 4 is 17.5 Å². The number of aromatic nitrogens is 3. The molecule has 1 aliphatic heterocycles. The zero-order valence-corrected chi connectivity index (χ0v) is 20.1. The van der Waals surface area contributed by atoms with E-state index in [9.17, 15) is 4.79 Å². The van der Waals surface area contributed by atoms with Gasteiger partial charge in [0.25, 0.3) is 0 Å². The van der Waals surface area contributed by atoms with Gasteiger partial charge in [-0.2, -0.15) is 5.10 Å². The summed E-state index contributed by atoms with van der Waals surface area (Å²) in [5.74, 6) is 1.89. The van der Waals surface area contributed by atoms with Crippen LogP contribution in [0.3, 0.4) is 0 Å². The van der Waals surface area contributed by atoms with Crippen molar-refractivity contribution < 1.29 is 9.21 Å². The van der Waals surface area contributed by atoms with Gasteiger partial charge in [-0.15, -0.1) is 0 Å². The average molecular weight is 475 g/mol. The van der Waals surface area contributed by atoms with E-state index in [0.29, 0.717) is 42.8 Å². The third-order valence-electron chi connectivity index (χ3n) is 6.37. The number of halogens is 1. The van der Waals surface area contributed by atoms with Crippen LogP contribution in [0.2, 0.25) is 5.02 Å². The Labute approximate surface area is 204 Å². The number of nitrogens with zero attached hydrogens (tertiary/aromatic N) is 3. The number of H-pyrrole nitrogens is 1. The predicted molar refractivity (Wildman–Crippen MR) is 133 cm³/mol. The second kappa shape index (κ2) is 9.47. The molecule has 0 fully saturated rings. The normalized spacial score (nSPS) is 13.4. The highest BCUT2D eigenvalue weighted by Gasteiger charge is 2.26. The zero-order valence-electron chi connectivity index (χ0n) is 19.3. The molecule has 0 aliphatic carbocycles. The Kier molecular flexibility index (Phi) is 6.24. The molecule has 4 aromatic rings. The number of aryl methyl sites for hydroxylation is 1. The van der Waals surface area contributed by atoms with Crippen molar-refractivity contribution in [1.29, 1.82) is 0 Å². The van der Waals surface area contributed by atoms with Gasteiger partial charge in [0.2, 0.25) is 5.91 Å². The van der Waals surface area contributed by atoms with E-state index in [1.54, 1.807) is 6.20 Å². The van der Waals surface area contributed by atoms with E-state index in [1.807, 2.05) is 29.2 Å². The molecule has 0 atom stereocenters. The van der Waals surface area contributed by atoms with Crippen molar-refractivity contribution in [2.45, 2.75) is 45.6 Å². The van der Waals surface area contributed by atoms with Crippen LogP contribution in [0.5, 0.6) is 0 Å². The molecule has 0 saturated carbocycles. The van der Waals surface area contributed by atoms with Crippen LogP contribution >= 0.6 is 11.6 Å². The number of carbonyl (C=O) groups is 1. The number of hydrogen-bond donors (Lipinski definition) is 1. The van der Waals surface area contributed by atoms with Crippen molar-refractivity contribution in [2.24, 2.45) is 0 Å². The highest BCUT2D eigenvalue weighted by Crippen LogP contribution is 2.30.